The zero-order valence-corrected chi connectivity index (χ0v) is 10.2. The summed E-state index contributed by atoms with van der Waals surface area (Å²) in [5.74, 6) is 0.774. The van der Waals surface area contributed by atoms with Gasteiger partial charge in [0.15, 0.2) is 0 Å². The van der Waals surface area contributed by atoms with Crippen molar-refractivity contribution in [2.24, 2.45) is 0 Å². The molecule has 0 saturated heterocycles. The molecule has 1 heteroatoms. The van der Waals surface area contributed by atoms with Gasteiger partial charge in [-0.3, -0.25) is 0 Å². The Morgan fingerprint density at radius 3 is 2.53 bits per heavy atom. The third-order valence-electron chi connectivity index (χ3n) is 3.70. The van der Waals surface area contributed by atoms with Crippen LogP contribution >= 0.6 is 11.6 Å². The zero-order chi connectivity index (χ0) is 10.7. The summed E-state index contributed by atoms with van der Waals surface area (Å²) >= 11 is 6.22. The molecule has 2 rings (SSSR count). The average molecular weight is 223 g/mol. The van der Waals surface area contributed by atoms with Gasteiger partial charge in [0.1, 0.15) is 0 Å². The molecule has 15 heavy (non-hydrogen) atoms. The van der Waals surface area contributed by atoms with E-state index in [1.165, 1.54) is 43.2 Å². The maximum absolute atomic E-state index is 6.22. The average Bonchev–Trinajstić information content (AvgIpc) is 2.30. The fourth-order valence-electron chi connectivity index (χ4n) is 2.70. The molecule has 1 aliphatic rings. The van der Waals surface area contributed by atoms with Gasteiger partial charge in [-0.15, -0.1) is 11.6 Å². The summed E-state index contributed by atoms with van der Waals surface area (Å²) in [6.45, 7) is 2.16. The van der Waals surface area contributed by atoms with E-state index in [-0.39, 0.29) is 5.41 Å². The van der Waals surface area contributed by atoms with Crippen LogP contribution in [0.3, 0.4) is 0 Å². The first-order valence-corrected chi connectivity index (χ1v) is 6.43. The Kier molecular flexibility index (Phi) is 3.35. The molecule has 1 aromatic rings. The summed E-state index contributed by atoms with van der Waals surface area (Å²) in [7, 11) is 0. The predicted molar refractivity (Wildman–Crippen MR) is 66.7 cm³/mol. The number of hydrogen-bond donors (Lipinski definition) is 0. The third kappa shape index (κ3) is 2.20. The molecule has 1 aliphatic carbocycles. The number of benzene rings is 1. The first-order valence-electron chi connectivity index (χ1n) is 5.90. The Hall–Kier alpha value is -0.490. The SMILES string of the molecule is Cc1cccc(C2(CCl)CCCCC2)c1. The highest BCUT2D eigenvalue weighted by molar-refractivity contribution is 6.18. The molecule has 1 saturated carbocycles. The number of rotatable bonds is 2. The second-order valence-corrected chi connectivity index (χ2v) is 5.11. The van der Waals surface area contributed by atoms with E-state index < -0.39 is 0 Å². The second-order valence-electron chi connectivity index (χ2n) is 4.84. The Morgan fingerprint density at radius 2 is 1.93 bits per heavy atom. The number of hydrogen-bond acceptors (Lipinski definition) is 0. The minimum absolute atomic E-state index is 0.270. The van der Waals surface area contributed by atoms with Crippen molar-refractivity contribution in [1.29, 1.82) is 0 Å². The summed E-state index contributed by atoms with van der Waals surface area (Å²) in [6, 6.07) is 8.89. The first-order chi connectivity index (χ1) is 7.27. The van der Waals surface area contributed by atoms with Crippen molar-refractivity contribution in [3.05, 3.63) is 35.4 Å². The maximum Gasteiger partial charge on any atom is 0.0320 e. The van der Waals surface area contributed by atoms with E-state index in [0.717, 1.165) is 5.88 Å². The summed E-state index contributed by atoms with van der Waals surface area (Å²) in [5, 5.41) is 0. The van der Waals surface area contributed by atoms with Gasteiger partial charge in [0, 0.05) is 11.3 Å². The molecule has 0 radical (unpaired) electrons. The fraction of sp³-hybridized carbons (Fsp3) is 0.571. The number of halogens is 1. The van der Waals surface area contributed by atoms with E-state index >= 15 is 0 Å². The molecule has 0 N–H and O–H groups in total. The summed E-state index contributed by atoms with van der Waals surface area (Å²) in [6.07, 6.45) is 6.58. The summed E-state index contributed by atoms with van der Waals surface area (Å²) < 4.78 is 0. The maximum atomic E-state index is 6.22. The molecule has 1 fully saturated rings. The highest BCUT2D eigenvalue weighted by atomic mass is 35.5. The molecular formula is C14H19Cl. The van der Waals surface area contributed by atoms with Crippen molar-refractivity contribution in [2.45, 2.75) is 44.4 Å². The molecular weight excluding hydrogens is 204 g/mol. The zero-order valence-electron chi connectivity index (χ0n) is 9.43. The molecule has 82 valence electrons. The van der Waals surface area contributed by atoms with Crippen LogP contribution in [-0.4, -0.2) is 5.88 Å². The van der Waals surface area contributed by atoms with Crippen LogP contribution < -0.4 is 0 Å². The molecule has 0 unspecified atom stereocenters. The van der Waals surface area contributed by atoms with Crippen LogP contribution in [0.5, 0.6) is 0 Å². The standard InChI is InChI=1S/C14H19Cl/c1-12-6-5-7-13(10-12)14(11-15)8-3-2-4-9-14/h5-7,10H,2-4,8-9,11H2,1H3. The number of alkyl halides is 1. The molecule has 1 aromatic carbocycles. The van der Waals surface area contributed by atoms with Crippen LogP contribution in [0.2, 0.25) is 0 Å². The van der Waals surface area contributed by atoms with E-state index in [4.69, 9.17) is 11.6 Å². The highest BCUT2D eigenvalue weighted by Gasteiger charge is 2.32. The van der Waals surface area contributed by atoms with E-state index in [9.17, 15) is 0 Å². The van der Waals surface area contributed by atoms with Crippen LogP contribution in [0, 0.1) is 6.92 Å². The van der Waals surface area contributed by atoms with Crippen molar-refractivity contribution in [1.82, 2.24) is 0 Å². The van der Waals surface area contributed by atoms with Crippen molar-refractivity contribution >= 4 is 11.6 Å². The molecule has 0 bridgehead atoms. The lowest BCUT2D eigenvalue weighted by molar-refractivity contribution is 0.324. The normalized spacial score (nSPS) is 20.1. The first kappa shape index (κ1) is 11.0. The number of aryl methyl sites for hydroxylation is 1. The minimum atomic E-state index is 0.270. The van der Waals surface area contributed by atoms with Crippen molar-refractivity contribution in [3.8, 4) is 0 Å². The Bertz CT molecular complexity index is 324. The fourth-order valence-corrected chi connectivity index (χ4v) is 3.12. The quantitative estimate of drug-likeness (QED) is 0.650. The molecule has 0 nitrogen and oxygen atoms in total. The molecule has 0 amide bonds. The molecule has 0 aliphatic heterocycles. The molecule has 0 aromatic heterocycles. The predicted octanol–water partition coefficient (Wildman–Crippen LogP) is 4.44. The largest absolute Gasteiger partial charge is 0.126 e. The lowest BCUT2D eigenvalue weighted by atomic mass is 9.70. The van der Waals surface area contributed by atoms with Gasteiger partial charge in [-0.05, 0) is 25.3 Å². The molecule has 0 heterocycles. The lowest BCUT2D eigenvalue weighted by Crippen LogP contribution is -2.30. The van der Waals surface area contributed by atoms with E-state index in [1.807, 2.05) is 0 Å². The van der Waals surface area contributed by atoms with Crippen LogP contribution in [0.25, 0.3) is 0 Å². The topological polar surface area (TPSA) is 0 Å². The monoisotopic (exact) mass is 222 g/mol. The minimum Gasteiger partial charge on any atom is -0.126 e. The van der Waals surface area contributed by atoms with Crippen molar-refractivity contribution < 1.29 is 0 Å². The Labute approximate surface area is 97.6 Å². The molecule has 0 atom stereocenters. The van der Waals surface area contributed by atoms with E-state index in [1.54, 1.807) is 0 Å². The molecule has 0 spiro atoms. The van der Waals surface area contributed by atoms with Gasteiger partial charge in [0.25, 0.3) is 0 Å². The van der Waals surface area contributed by atoms with Gasteiger partial charge in [0.2, 0.25) is 0 Å². The second kappa shape index (κ2) is 4.57. The smallest absolute Gasteiger partial charge is 0.0320 e. The third-order valence-corrected chi connectivity index (χ3v) is 4.21. The van der Waals surface area contributed by atoms with Crippen molar-refractivity contribution in [2.75, 3.05) is 5.88 Å². The van der Waals surface area contributed by atoms with Gasteiger partial charge in [-0.2, -0.15) is 0 Å². The van der Waals surface area contributed by atoms with Gasteiger partial charge < -0.3 is 0 Å². The van der Waals surface area contributed by atoms with E-state index in [2.05, 4.69) is 31.2 Å². The summed E-state index contributed by atoms with van der Waals surface area (Å²) in [4.78, 5) is 0. The van der Waals surface area contributed by atoms with Gasteiger partial charge in [-0.1, -0.05) is 49.1 Å². The summed E-state index contributed by atoms with van der Waals surface area (Å²) in [5.41, 5.74) is 3.08. The van der Waals surface area contributed by atoms with Crippen LogP contribution in [0.15, 0.2) is 24.3 Å². The van der Waals surface area contributed by atoms with Gasteiger partial charge >= 0.3 is 0 Å². The lowest BCUT2D eigenvalue weighted by Gasteiger charge is -2.36. The van der Waals surface area contributed by atoms with Gasteiger partial charge in [0.05, 0.1) is 0 Å². The van der Waals surface area contributed by atoms with Crippen LogP contribution in [-0.2, 0) is 5.41 Å². The van der Waals surface area contributed by atoms with Crippen LogP contribution in [0.1, 0.15) is 43.2 Å². The highest BCUT2D eigenvalue weighted by Crippen LogP contribution is 2.40. The van der Waals surface area contributed by atoms with Crippen molar-refractivity contribution in [3.63, 3.8) is 0 Å². The van der Waals surface area contributed by atoms with Gasteiger partial charge in [-0.25, -0.2) is 0 Å². The van der Waals surface area contributed by atoms with E-state index in [0.29, 0.717) is 0 Å². The Balaban J connectivity index is 2.32. The Morgan fingerprint density at radius 1 is 1.20 bits per heavy atom. The van der Waals surface area contributed by atoms with Crippen LogP contribution in [0.4, 0.5) is 0 Å².